The molecule has 0 saturated carbocycles. The number of aromatic nitrogens is 2. The molecule has 1 heterocycles. The van der Waals surface area contributed by atoms with E-state index >= 15 is 0 Å². The number of ether oxygens (including phenoxy) is 1. The number of nitrogens with zero attached hydrogens (tertiary/aromatic N) is 2. The first-order chi connectivity index (χ1) is 8.58. The summed E-state index contributed by atoms with van der Waals surface area (Å²) in [7, 11) is 0. The molecule has 1 rings (SSSR count). The van der Waals surface area contributed by atoms with Crippen LogP contribution >= 0.6 is 11.7 Å². The Morgan fingerprint density at radius 1 is 1.61 bits per heavy atom. The van der Waals surface area contributed by atoms with Gasteiger partial charge in [0.1, 0.15) is 18.9 Å². The molecule has 0 bridgehead atoms. The number of aliphatic hydroxyl groups excluding tert-OH is 1. The van der Waals surface area contributed by atoms with E-state index in [4.69, 9.17) is 4.74 Å². The van der Waals surface area contributed by atoms with Gasteiger partial charge in [-0.3, -0.25) is 4.79 Å². The van der Waals surface area contributed by atoms with Crippen LogP contribution in [0.3, 0.4) is 0 Å². The van der Waals surface area contributed by atoms with Gasteiger partial charge in [0.15, 0.2) is 0 Å². The molecule has 0 aliphatic rings. The summed E-state index contributed by atoms with van der Waals surface area (Å²) in [5.41, 5.74) is 0. The van der Waals surface area contributed by atoms with Crippen LogP contribution in [0.1, 0.15) is 13.8 Å². The van der Waals surface area contributed by atoms with E-state index in [9.17, 15) is 9.90 Å². The number of carbonyl (C=O) groups is 1. The van der Waals surface area contributed by atoms with E-state index in [1.807, 2.05) is 13.8 Å². The van der Waals surface area contributed by atoms with Crippen LogP contribution < -0.4 is 15.4 Å². The third kappa shape index (κ3) is 6.48. The molecule has 18 heavy (non-hydrogen) atoms. The summed E-state index contributed by atoms with van der Waals surface area (Å²) in [6.07, 6.45) is 0.791. The zero-order valence-electron chi connectivity index (χ0n) is 10.4. The summed E-state index contributed by atoms with van der Waals surface area (Å²) in [4.78, 5) is 11.3. The van der Waals surface area contributed by atoms with E-state index in [2.05, 4.69) is 19.4 Å². The first-order valence-corrected chi connectivity index (χ1v) is 6.39. The van der Waals surface area contributed by atoms with Gasteiger partial charge in [-0.2, -0.15) is 4.37 Å². The first kappa shape index (κ1) is 14.8. The van der Waals surface area contributed by atoms with Crippen LogP contribution in [-0.2, 0) is 4.79 Å². The van der Waals surface area contributed by atoms with E-state index in [0.29, 0.717) is 5.88 Å². The SMILES string of the molecule is CC(C)NC(=O)CNCC(O)COc1cnsn1. The summed E-state index contributed by atoms with van der Waals surface area (Å²) in [5, 5.41) is 15.2. The average Bonchev–Trinajstić information content (AvgIpc) is 2.78. The predicted molar refractivity (Wildman–Crippen MR) is 67.6 cm³/mol. The molecule has 1 atom stereocenters. The van der Waals surface area contributed by atoms with E-state index in [1.165, 1.54) is 6.20 Å². The van der Waals surface area contributed by atoms with Crippen molar-refractivity contribution in [2.75, 3.05) is 19.7 Å². The summed E-state index contributed by atoms with van der Waals surface area (Å²) in [6, 6.07) is 0.115. The lowest BCUT2D eigenvalue weighted by atomic mass is 10.3. The molecule has 0 radical (unpaired) electrons. The molecule has 0 spiro atoms. The zero-order chi connectivity index (χ0) is 13.4. The number of nitrogens with one attached hydrogen (secondary N) is 2. The van der Waals surface area contributed by atoms with Crippen molar-refractivity contribution in [3.63, 3.8) is 0 Å². The number of carbonyl (C=O) groups excluding carboxylic acids is 1. The van der Waals surface area contributed by atoms with Gasteiger partial charge in [-0.15, -0.1) is 4.37 Å². The molecule has 1 aromatic heterocycles. The number of hydrogen-bond donors (Lipinski definition) is 3. The number of amides is 1. The molecule has 0 fully saturated rings. The minimum absolute atomic E-state index is 0.0955. The molecule has 1 unspecified atom stereocenters. The summed E-state index contributed by atoms with van der Waals surface area (Å²) in [6.45, 7) is 4.35. The fourth-order valence-electron chi connectivity index (χ4n) is 1.19. The monoisotopic (exact) mass is 274 g/mol. The second-order valence-corrected chi connectivity index (χ2v) is 4.62. The molecule has 0 saturated heterocycles. The van der Waals surface area contributed by atoms with Gasteiger partial charge in [-0.25, -0.2) is 0 Å². The fraction of sp³-hybridized carbons (Fsp3) is 0.700. The maximum Gasteiger partial charge on any atom is 0.245 e. The number of rotatable bonds is 8. The Kier molecular flexibility index (Phi) is 6.55. The normalized spacial score (nSPS) is 12.4. The van der Waals surface area contributed by atoms with Gasteiger partial charge in [-0.05, 0) is 13.8 Å². The minimum Gasteiger partial charge on any atom is -0.473 e. The summed E-state index contributed by atoms with van der Waals surface area (Å²) < 4.78 is 12.8. The third-order valence-electron chi connectivity index (χ3n) is 1.88. The Bertz CT molecular complexity index is 345. The highest BCUT2D eigenvalue weighted by Crippen LogP contribution is 2.04. The highest BCUT2D eigenvalue weighted by Gasteiger charge is 2.08. The lowest BCUT2D eigenvalue weighted by Gasteiger charge is -2.12. The molecule has 0 aromatic carbocycles. The quantitative estimate of drug-likeness (QED) is 0.585. The highest BCUT2D eigenvalue weighted by molar-refractivity contribution is 6.99. The molecule has 3 N–H and O–H groups in total. The first-order valence-electron chi connectivity index (χ1n) is 5.66. The molecule has 102 valence electrons. The van der Waals surface area contributed by atoms with Crippen molar-refractivity contribution in [1.82, 2.24) is 19.4 Å². The van der Waals surface area contributed by atoms with Crippen LogP contribution in [0, 0.1) is 0 Å². The van der Waals surface area contributed by atoms with Crippen molar-refractivity contribution < 1.29 is 14.6 Å². The van der Waals surface area contributed by atoms with Gasteiger partial charge < -0.3 is 20.5 Å². The van der Waals surface area contributed by atoms with Crippen molar-refractivity contribution in [3.8, 4) is 5.88 Å². The fourth-order valence-corrected chi connectivity index (χ4v) is 1.55. The van der Waals surface area contributed by atoms with Crippen molar-refractivity contribution in [2.45, 2.75) is 26.0 Å². The number of hydrogen-bond acceptors (Lipinski definition) is 7. The van der Waals surface area contributed by atoms with Crippen LogP contribution in [0.15, 0.2) is 6.20 Å². The zero-order valence-corrected chi connectivity index (χ0v) is 11.2. The van der Waals surface area contributed by atoms with Crippen LogP contribution in [0.2, 0.25) is 0 Å². The molecule has 0 aliphatic heterocycles. The topological polar surface area (TPSA) is 96.4 Å². The molecule has 1 aromatic rings. The van der Waals surface area contributed by atoms with Gasteiger partial charge in [-0.1, -0.05) is 0 Å². The Balaban J connectivity index is 2.06. The van der Waals surface area contributed by atoms with E-state index in [-0.39, 0.29) is 31.6 Å². The highest BCUT2D eigenvalue weighted by atomic mass is 32.1. The standard InChI is InChI=1S/C10H18N4O3S/c1-7(2)13-9(16)4-11-3-8(15)6-17-10-5-12-18-14-10/h5,7-8,11,15H,3-4,6H2,1-2H3,(H,13,16). The molecular formula is C10H18N4O3S. The molecule has 0 aliphatic carbocycles. The van der Waals surface area contributed by atoms with E-state index < -0.39 is 6.10 Å². The van der Waals surface area contributed by atoms with Crippen molar-refractivity contribution >= 4 is 17.6 Å². The minimum atomic E-state index is -0.696. The Morgan fingerprint density at radius 3 is 3.00 bits per heavy atom. The Morgan fingerprint density at radius 2 is 2.39 bits per heavy atom. The predicted octanol–water partition coefficient (Wildman–Crippen LogP) is -0.608. The largest absolute Gasteiger partial charge is 0.473 e. The van der Waals surface area contributed by atoms with Gasteiger partial charge in [0.2, 0.25) is 11.8 Å². The molecule has 8 heteroatoms. The van der Waals surface area contributed by atoms with Crippen molar-refractivity contribution in [1.29, 1.82) is 0 Å². The Hall–Kier alpha value is -1.25. The van der Waals surface area contributed by atoms with E-state index in [0.717, 1.165) is 11.7 Å². The number of aliphatic hydroxyl groups is 1. The smallest absolute Gasteiger partial charge is 0.245 e. The summed E-state index contributed by atoms with van der Waals surface area (Å²) >= 11 is 1.04. The maximum absolute atomic E-state index is 11.3. The van der Waals surface area contributed by atoms with Gasteiger partial charge in [0.25, 0.3) is 0 Å². The van der Waals surface area contributed by atoms with Gasteiger partial charge in [0.05, 0.1) is 18.3 Å². The van der Waals surface area contributed by atoms with Gasteiger partial charge >= 0.3 is 0 Å². The molecule has 7 nitrogen and oxygen atoms in total. The lowest BCUT2D eigenvalue weighted by molar-refractivity contribution is -0.120. The van der Waals surface area contributed by atoms with Crippen LogP contribution in [0.25, 0.3) is 0 Å². The van der Waals surface area contributed by atoms with Gasteiger partial charge in [0, 0.05) is 12.6 Å². The molecule has 1 amide bonds. The van der Waals surface area contributed by atoms with E-state index in [1.54, 1.807) is 0 Å². The molecular weight excluding hydrogens is 256 g/mol. The lowest BCUT2D eigenvalue weighted by Crippen LogP contribution is -2.41. The second kappa shape index (κ2) is 7.96. The maximum atomic E-state index is 11.3. The summed E-state index contributed by atoms with van der Waals surface area (Å²) in [5.74, 6) is 0.304. The second-order valence-electron chi connectivity index (χ2n) is 4.06. The van der Waals surface area contributed by atoms with Crippen LogP contribution in [-0.4, -0.2) is 51.6 Å². The van der Waals surface area contributed by atoms with Crippen LogP contribution in [0.5, 0.6) is 5.88 Å². The third-order valence-corrected chi connectivity index (χ3v) is 2.34. The van der Waals surface area contributed by atoms with Crippen molar-refractivity contribution in [2.24, 2.45) is 0 Å². The average molecular weight is 274 g/mol. The van der Waals surface area contributed by atoms with Crippen molar-refractivity contribution in [3.05, 3.63) is 6.20 Å². The van der Waals surface area contributed by atoms with Crippen LogP contribution in [0.4, 0.5) is 0 Å². The Labute approximate surface area is 110 Å².